The highest BCUT2D eigenvalue weighted by Crippen LogP contribution is 2.64. The molecule has 3 aromatic rings. The number of hydrogen-bond donors (Lipinski definition) is 1. The van der Waals surface area contributed by atoms with Crippen molar-refractivity contribution in [3.63, 3.8) is 0 Å². The molecular formula is C36H32N2O5. The molecule has 7 nitrogen and oxygen atoms in total. The molecule has 1 saturated carbocycles. The average molecular weight is 573 g/mol. The van der Waals surface area contributed by atoms with Gasteiger partial charge in [-0.05, 0) is 61.9 Å². The standard InChI is InChI=1S/C36H32N2O5/c1-3-11-21-12-10-17-26(31(21)39)30-24-18-19-25-29(34(42)37(32(25)40)22-13-6-4-7-14-22)27(24)20-28-33(41)38(35(43)36(28,30)2)23-15-8-5-9-16-23/h3-10,12-18,25,27-30,39H,1,11,19-20H2,2H3/t25-,27+,28-,29-,30+,36+/m0/s1. The number of imide groups is 2. The quantitative estimate of drug-likeness (QED) is 0.319. The van der Waals surface area contributed by atoms with Crippen LogP contribution in [0, 0.1) is 29.1 Å². The zero-order valence-electron chi connectivity index (χ0n) is 23.9. The Morgan fingerprint density at radius 2 is 1.49 bits per heavy atom. The van der Waals surface area contributed by atoms with Crippen molar-refractivity contribution in [1.82, 2.24) is 0 Å². The van der Waals surface area contributed by atoms with Gasteiger partial charge in [0.1, 0.15) is 5.75 Å². The normalized spacial score (nSPS) is 29.7. The number of carbonyl (C=O) groups excluding carboxylic acids is 4. The van der Waals surface area contributed by atoms with Crippen molar-refractivity contribution >= 4 is 35.0 Å². The van der Waals surface area contributed by atoms with Crippen molar-refractivity contribution in [2.75, 3.05) is 9.80 Å². The Morgan fingerprint density at radius 3 is 2.14 bits per heavy atom. The number of amides is 4. The van der Waals surface area contributed by atoms with Crippen molar-refractivity contribution in [3.8, 4) is 5.75 Å². The van der Waals surface area contributed by atoms with Crippen LogP contribution in [0.1, 0.15) is 36.8 Å². The van der Waals surface area contributed by atoms with Crippen molar-refractivity contribution in [2.24, 2.45) is 29.1 Å². The van der Waals surface area contributed by atoms with E-state index >= 15 is 0 Å². The molecule has 0 spiro atoms. The number of phenolic OH excluding ortho intramolecular Hbond substituents is 1. The Morgan fingerprint density at radius 1 is 0.837 bits per heavy atom. The highest BCUT2D eigenvalue weighted by Gasteiger charge is 2.68. The number of fused-ring (bicyclic) bond motifs is 4. The number of phenols is 1. The molecule has 2 heterocycles. The molecule has 3 fully saturated rings. The molecule has 4 aliphatic rings. The van der Waals surface area contributed by atoms with E-state index < -0.39 is 35.0 Å². The molecule has 7 heteroatoms. The largest absolute Gasteiger partial charge is 0.507 e. The molecule has 2 aliphatic carbocycles. The van der Waals surface area contributed by atoms with E-state index in [1.807, 2.05) is 43.3 Å². The van der Waals surface area contributed by atoms with Gasteiger partial charge in [-0.3, -0.25) is 24.1 Å². The van der Waals surface area contributed by atoms with Crippen LogP contribution in [-0.2, 0) is 25.6 Å². The first-order chi connectivity index (χ1) is 20.8. The number of allylic oxidation sites excluding steroid dienone is 3. The summed E-state index contributed by atoms with van der Waals surface area (Å²) in [6.07, 6.45) is 4.75. The zero-order valence-corrected chi connectivity index (χ0v) is 23.9. The number of para-hydroxylation sites is 3. The maximum absolute atomic E-state index is 14.5. The fourth-order valence-corrected chi connectivity index (χ4v) is 8.18. The summed E-state index contributed by atoms with van der Waals surface area (Å²) in [5.74, 6) is -4.16. The van der Waals surface area contributed by atoms with E-state index in [0.29, 0.717) is 35.3 Å². The molecule has 2 saturated heterocycles. The minimum Gasteiger partial charge on any atom is -0.507 e. The Hall–Kier alpha value is -4.78. The second-order valence-corrected chi connectivity index (χ2v) is 12.2. The van der Waals surface area contributed by atoms with Crippen LogP contribution < -0.4 is 9.80 Å². The number of aromatic hydroxyl groups is 1. The number of carbonyl (C=O) groups is 4. The Balaban J connectivity index is 1.40. The highest BCUT2D eigenvalue weighted by molar-refractivity contribution is 6.25. The van der Waals surface area contributed by atoms with Gasteiger partial charge >= 0.3 is 0 Å². The van der Waals surface area contributed by atoms with Crippen LogP contribution in [0.2, 0.25) is 0 Å². The van der Waals surface area contributed by atoms with Gasteiger partial charge in [0.25, 0.3) is 0 Å². The number of nitrogens with zero attached hydrogens (tertiary/aromatic N) is 2. The molecular weight excluding hydrogens is 540 g/mol. The van der Waals surface area contributed by atoms with Gasteiger partial charge in [0.05, 0.1) is 34.5 Å². The van der Waals surface area contributed by atoms with Crippen molar-refractivity contribution in [1.29, 1.82) is 0 Å². The average Bonchev–Trinajstić information content (AvgIpc) is 3.39. The Bertz CT molecular complexity index is 1710. The van der Waals surface area contributed by atoms with Crippen LogP contribution in [0.15, 0.2) is 103 Å². The van der Waals surface area contributed by atoms with Crippen LogP contribution in [0.5, 0.6) is 5.75 Å². The van der Waals surface area contributed by atoms with Crippen LogP contribution >= 0.6 is 0 Å². The Kier molecular flexibility index (Phi) is 6.24. The van der Waals surface area contributed by atoms with Gasteiger partial charge in [0, 0.05) is 11.5 Å². The summed E-state index contributed by atoms with van der Waals surface area (Å²) in [7, 11) is 0. The first-order valence-corrected chi connectivity index (χ1v) is 14.8. The molecule has 4 amide bonds. The summed E-state index contributed by atoms with van der Waals surface area (Å²) in [4.78, 5) is 59.1. The van der Waals surface area contributed by atoms with Crippen molar-refractivity contribution < 1.29 is 24.3 Å². The molecule has 2 aliphatic heterocycles. The number of anilines is 2. The first-order valence-electron chi connectivity index (χ1n) is 14.8. The molecule has 1 N–H and O–H groups in total. The fraction of sp³-hybridized carbons (Fsp3) is 0.278. The van der Waals surface area contributed by atoms with Crippen LogP contribution in [-0.4, -0.2) is 28.7 Å². The minimum absolute atomic E-state index is 0.0641. The van der Waals surface area contributed by atoms with E-state index in [1.165, 1.54) is 9.80 Å². The topological polar surface area (TPSA) is 95.0 Å². The summed E-state index contributed by atoms with van der Waals surface area (Å²) < 4.78 is 0. The smallest absolute Gasteiger partial charge is 0.241 e. The van der Waals surface area contributed by atoms with E-state index in [9.17, 15) is 24.3 Å². The third-order valence-corrected chi connectivity index (χ3v) is 10.1. The third kappa shape index (κ3) is 3.73. The predicted octanol–water partition coefficient (Wildman–Crippen LogP) is 5.56. The molecule has 0 aromatic heterocycles. The fourth-order valence-electron chi connectivity index (χ4n) is 8.18. The van der Waals surface area contributed by atoms with E-state index in [0.717, 1.165) is 5.57 Å². The second kappa shape index (κ2) is 9.90. The predicted molar refractivity (Wildman–Crippen MR) is 162 cm³/mol. The maximum atomic E-state index is 14.5. The van der Waals surface area contributed by atoms with Gasteiger partial charge in [0.15, 0.2) is 0 Å². The first kappa shape index (κ1) is 27.1. The molecule has 7 rings (SSSR count). The monoisotopic (exact) mass is 572 g/mol. The summed E-state index contributed by atoms with van der Waals surface area (Å²) >= 11 is 0. The lowest BCUT2D eigenvalue weighted by molar-refractivity contribution is -0.131. The summed E-state index contributed by atoms with van der Waals surface area (Å²) in [5, 5.41) is 11.6. The molecule has 43 heavy (non-hydrogen) atoms. The van der Waals surface area contributed by atoms with E-state index in [4.69, 9.17) is 0 Å². The molecule has 216 valence electrons. The number of benzene rings is 3. The van der Waals surface area contributed by atoms with Gasteiger partial charge in [-0.25, -0.2) is 4.90 Å². The van der Waals surface area contributed by atoms with Crippen LogP contribution in [0.3, 0.4) is 0 Å². The number of hydrogen-bond acceptors (Lipinski definition) is 5. The van der Waals surface area contributed by atoms with Crippen LogP contribution in [0.4, 0.5) is 11.4 Å². The zero-order chi connectivity index (χ0) is 30.0. The SMILES string of the molecule is C=CCc1cccc([C@H]2C3=CC[C@@H]4C(=O)N(c5ccccc5)C(=O)[C@@H]4[C@@H]3C[C@H]3C(=O)N(c4ccccc4)C(=O)[C@@]23C)c1O. The van der Waals surface area contributed by atoms with Crippen molar-refractivity contribution in [2.45, 2.75) is 32.1 Å². The molecule has 0 radical (unpaired) electrons. The van der Waals surface area contributed by atoms with Crippen LogP contribution in [0.25, 0.3) is 0 Å². The number of rotatable bonds is 5. The van der Waals surface area contributed by atoms with E-state index in [1.54, 1.807) is 54.6 Å². The second-order valence-electron chi connectivity index (χ2n) is 12.2. The van der Waals surface area contributed by atoms with E-state index in [2.05, 4.69) is 6.58 Å². The lowest BCUT2D eigenvalue weighted by atomic mass is 9.51. The van der Waals surface area contributed by atoms with Gasteiger partial charge in [0.2, 0.25) is 23.6 Å². The third-order valence-electron chi connectivity index (χ3n) is 10.1. The summed E-state index contributed by atoms with van der Waals surface area (Å²) in [6, 6.07) is 23.3. The molecule has 0 unspecified atom stereocenters. The molecule has 0 bridgehead atoms. The molecule has 3 aromatic carbocycles. The maximum Gasteiger partial charge on any atom is 0.241 e. The Labute approximate surface area is 250 Å². The van der Waals surface area contributed by atoms with E-state index in [-0.39, 0.29) is 35.8 Å². The van der Waals surface area contributed by atoms with Gasteiger partial charge in [-0.2, -0.15) is 0 Å². The van der Waals surface area contributed by atoms with Gasteiger partial charge in [-0.1, -0.05) is 72.3 Å². The van der Waals surface area contributed by atoms with Gasteiger partial charge < -0.3 is 5.11 Å². The van der Waals surface area contributed by atoms with Gasteiger partial charge in [-0.15, -0.1) is 6.58 Å². The molecule has 6 atom stereocenters. The summed E-state index contributed by atoms with van der Waals surface area (Å²) in [5.41, 5.74) is 1.88. The lowest BCUT2D eigenvalue weighted by Gasteiger charge is -2.49. The highest BCUT2D eigenvalue weighted by atomic mass is 16.3. The summed E-state index contributed by atoms with van der Waals surface area (Å²) in [6.45, 7) is 5.64. The lowest BCUT2D eigenvalue weighted by Crippen LogP contribution is -2.49. The minimum atomic E-state index is -1.21. The van der Waals surface area contributed by atoms with Crippen molar-refractivity contribution in [3.05, 3.63) is 114 Å².